The van der Waals surface area contributed by atoms with Crippen molar-refractivity contribution in [2.75, 3.05) is 37.8 Å². The fraction of sp³-hybridized carbons (Fsp3) is 0.500. The minimum atomic E-state index is -0.298. The average molecular weight is 539 g/mol. The van der Waals surface area contributed by atoms with Crippen molar-refractivity contribution in [2.45, 2.75) is 41.0 Å². The molecule has 0 atom stereocenters. The molecule has 0 bridgehead atoms. The van der Waals surface area contributed by atoms with Crippen LogP contribution in [0.3, 0.4) is 0 Å². The zero-order chi connectivity index (χ0) is 22.7. The van der Waals surface area contributed by atoms with Crippen LogP contribution in [0.25, 0.3) is 0 Å². The van der Waals surface area contributed by atoms with Gasteiger partial charge in [0.05, 0.1) is 34.3 Å². The molecule has 1 fully saturated rings. The van der Waals surface area contributed by atoms with Crippen LogP contribution >= 0.6 is 50.5 Å². The number of ether oxygens (including phenoxy) is 2. The van der Waals surface area contributed by atoms with E-state index in [9.17, 15) is 4.79 Å². The molecule has 0 saturated carbocycles. The van der Waals surface area contributed by atoms with Crippen molar-refractivity contribution in [3.63, 3.8) is 0 Å². The number of nitrogens with zero attached hydrogens (tertiary/aromatic N) is 1. The molecule has 1 aromatic heterocycles. The van der Waals surface area contributed by atoms with Gasteiger partial charge in [0.1, 0.15) is 9.88 Å². The Kier molecular flexibility index (Phi) is 13.0. The lowest BCUT2D eigenvalue weighted by Crippen LogP contribution is -2.35. The monoisotopic (exact) mass is 537 g/mol. The van der Waals surface area contributed by atoms with E-state index in [1.807, 2.05) is 46.8 Å². The van der Waals surface area contributed by atoms with E-state index in [1.54, 1.807) is 6.07 Å². The van der Waals surface area contributed by atoms with Crippen LogP contribution in [-0.4, -0.2) is 38.9 Å². The van der Waals surface area contributed by atoms with Gasteiger partial charge in [-0.15, -0.1) is 11.3 Å². The maximum Gasteiger partial charge on any atom is 0.348 e. The zero-order valence-corrected chi connectivity index (χ0v) is 22.1. The van der Waals surface area contributed by atoms with Crippen LogP contribution in [0.4, 0.5) is 5.00 Å². The number of carbonyl (C=O) groups excluding carboxylic acids is 1. The minimum Gasteiger partial charge on any atom is -0.462 e. The number of hydrogen-bond acceptors (Lipinski definition) is 5. The van der Waals surface area contributed by atoms with Gasteiger partial charge >= 0.3 is 5.97 Å². The first kappa shape index (κ1) is 27.2. The fourth-order valence-electron chi connectivity index (χ4n) is 2.77. The molecule has 0 radical (unpaired) electrons. The van der Waals surface area contributed by atoms with Crippen molar-refractivity contribution in [3.8, 4) is 0 Å². The van der Waals surface area contributed by atoms with E-state index < -0.39 is 0 Å². The summed E-state index contributed by atoms with van der Waals surface area (Å²) < 4.78 is 11.6. The standard InChI is InChI=1S/C18H18BrCl2NO3S.2C2H6/c1-2-25-18(23)16-12(9-11-3-4-13(20)14(21)10-11)15(19)17(26-16)22-5-7-24-8-6-22;2*1-2/h3-4,10H,2,5-9H2,1H3;2*1-2H3. The smallest absolute Gasteiger partial charge is 0.348 e. The van der Waals surface area contributed by atoms with Crippen molar-refractivity contribution in [2.24, 2.45) is 0 Å². The summed E-state index contributed by atoms with van der Waals surface area (Å²) in [5, 5.41) is 2.05. The Labute approximate surface area is 202 Å². The minimum absolute atomic E-state index is 0.298. The molecule has 2 heterocycles. The molecule has 0 aliphatic carbocycles. The van der Waals surface area contributed by atoms with Crippen molar-refractivity contribution < 1.29 is 14.3 Å². The molecule has 4 nitrogen and oxygen atoms in total. The largest absolute Gasteiger partial charge is 0.462 e. The van der Waals surface area contributed by atoms with Crippen molar-refractivity contribution in [3.05, 3.63) is 48.7 Å². The van der Waals surface area contributed by atoms with E-state index in [-0.39, 0.29) is 5.97 Å². The van der Waals surface area contributed by atoms with Crippen molar-refractivity contribution >= 4 is 61.4 Å². The maximum atomic E-state index is 12.5. The van der Waals surface area contributed by atoms with Crippen LogP contribution in [0.15, 0.2) is 22.7 Å². The Bertz CT molecular complexity index is 808. The second kappa shape index (κ2) is 14.3. The number of esters is 1. The molecule has 0 spiro atoms. The van der Waals surface area contributed by atoms with Gasteiger partial charge in [-0.1, -0.05) is 57.0 Å². The van der Waals surface area contributed by atoms with Gasteiger partial charge in [-0.05, 0) is 46.1 Å². The molecule has 0 unspecified atom stereocenters. The fourth-order valence-corrected chi connectivity index (χ4v) is 5.22. The number of thiophene rings is 1. The summed E-state index contributed by atoms with van der Waals surface area (Å²) in [6.07, 6.45) is 0.562. The third-order valence-corrected chi connectivity index (χ3v) is 7.18. The van der Waals surface area contributed by atoms with Crippen molar-refractivity contribution in [1.82, 2.24) is 0 Å². The molecule has 30 heavy (non-hydrogen) atoms. The van der Waals surface area contributed by atoms with Crippen LogP contribution in [0.1, 0.15) is 55.4 Å². The number of benzene rings is 1. The Morgan fingerprint density at radius 3 is 2.37 bits per heavy atom. The second-order valence-corrected chi connectivity index (χ2v) is 8.38. The van der Waals surface area contributed by atoms with Crippen molar-refractivity contribution in [1.29, 1.82) is 0 Å². The van der Waals surface area contributed by atoms with Gasteiger partial charge in [0.25, 0.3) is 0 Å². The van der Waals surface area contributed by atoms with E-state index in [0.717, 1.165) is 33.7 Å². The molecular weight excluding hydrogens is 509 g/mol. The Morgan fingerprint density at radius 1 is 1.17 bits per heavy atom. The predicted octanol–water partition coefficient (Wildman–Crippen LogP) is 7.47. The highest BCUT2D eigenvalue weighted by Gasteiger charge is 2.26. The molecule has 1 aliphatic rings. The number of rotatable bonds is 5. The topological polar surface area (TPSA) is 38.8 Å². The normalized spacial score (nSPS) is 13.0. The quantitative estimate of drug-likeness (QED) is 0.370. The Balaban J connectivity index is 0.00000106. The maximum absolute atomic E-state index is 12.5. The molecule has 0 amide bonds. The summed E-state index contributed by atoms with van der Waals surface area (Å²) in [5.74, 6) is -0.298. The molecular formula is C22H30BrCl2NO3S. The third-order valence-electron chi connectivity index (χ3n) is 4.05. The van der Waals surface area contributed by atoms with E-state index in [1.165, 1.54) is 11.3 Å². The summed E-state index contributed by atoms with van der Waals surface area (Å²) in [6, 6.07) is 5.52. The third kappa shape index (κ3) is 7.13. The molecule has 8 heteroatoms. The number of morpholine rings is 1. The number of anilines is 1. The second-order valence-electron chi connectivity index (χ2n) is 5.77. The predicted molar refractivity (Wildman–Crippen MR) is 133 cm³/mol. The van der Waals surface area contributed by atoms with E-state index in [4.69, 9.17) is 32.7 Å². The first-order valence-corrected chi connectivity index (χ1v) is 12.6. The Morgan fingerprint density at radius 2 is 1.80 bits per heavy atom. The van der Waals surface area contributed by atoms with Gasteiger partial charge in [-0.3, -0.25) is 0 Å². The van der Waals surface area contributed by atoms with Gasteiger partial charge in [0.2, 0.25) is 0 Å². The first-order valence-electron chi connectivity index (χ1n) is 10.3. The summed E-state index contributed by atoms with van der Waals surface area (Å²) in [7, 11) is 0. The molecule has 3 rings (SSSR count). The average Bonchev–Trinajstić information content (AvgIpc) is 3.11. The van der Waals surface area contributed by atoms with Crippen LogP contribution in [0, 0.1) is 0 Å². The molecule has 1 aliphatic heterocycles. The van der Waals surface area contributed by atoms with Gasteiger partial charge < -0.3 is 14.4 Å². The number of halogens is 3. The summed E-state index contributed by atoms with van der Waals surface area (Å²) in [6.45, 7) is 13.1. The summed E-state index contributed by atoms with van der Waals surface area (Å²) >= 11 is 17.3. The van der Waals surface area contributed by atoms with Crippen LogP contribution in [0.2, 0.25) is 10.0 Å². The highest BCUT2D eigenvalue weighted by Crippen LogP contribution is 2.42. The van der Waals surface area contributed by atoms with E-state index in [2.05, 4.69) is 20.8 Å². The summed E-state index contributed by atoms with van der Waals surface area (Å²) in [4.78, 5) is 15.4. The Hall–Kier alpha value is -0.790. The number of carbonyl (C=O) groups is 1. The number of hydrogen-bond donors (Lipinski definition) is 0. The van der Waals surface area contributed by atoms with E-state index in [0.29, 0.717) is 41.2 Å². The zero-order valence-electron chi connectivity index (χ0n) is 18.2. The van der Waals surface area contributed by atoms with Crippen LogP contribution < -0.4 is 4.90 Å². The first-order chi connectivity index (χ1) is 14.5. The lowest BCUT2D eigenvalue weighted by atomic mass is 10.1. The van der Waals surface area contributed by atoms with Crippen LogP contribution in [-0.2, 0) is 15.9 Å². The SMILES string of the molecule is CC.CC.CCOC(=O)c1sc(N2CCOCC2)c(Br)c1Cc1ccc(Cl)c(Cl)c1. The summed E-state index contributed by atoms with van der Waals surface area (Å²) in [5.41, 5.74) is 1.89. The molecule has 168 valence electrons. The highest BCUT2D eigenvalue weighted by molar-refractivity contribution is 9.10. The molecule has 1 aromatic carbocycles. The molecule has 1 saturated heterocycles. The van der Waals surface area contributed by atoms with Gasteiger partial charge in [-0.2, -0.15) is 0 Å². The van der Waals surface area contributed by atoms with Gasteiger partial charge in [-0.25, -0.2) is 4.79 Å². The van der Waals surface area contributed by atoms with Gasteiger partial charge in [0.15, 0.2) is 0 Å². The molecule has 2 aromatic rings. The highest BCUT2D eigenvalue weighted by atomic mass is 79.9. The lowest BCUT2D eigenvalue weighted by Gasteiger charge is -2.27. The van der Waals surface area contributed by atoms with Gasteiger partial charge in [0, 0.05) is 19.5 Å². The van der Waals surface area contributed by atoms with E-state index >= 15 is 0 Å². The molecule has 0 N–H and O–H groups in total. The van der Waals surface area contributed by atoms with Crippen LogP contribution in [0.5, 0.6) is 0 Å². The lowest BCUT2D eigenvalue weighted by molar-refractivity contribution is 0.0531.